The van der Waals surface area contributed by atoms with Crippen LogP contribution in [0.15, 0.2) is 40.5 Å². The van der Waals surface area contributed by atoms with Gasteiger partial charge in [-0.2, -0.15) is 4.68 Å². The summed E-state index contributed by atoms with van der Waals surface area (Å²) >= 11 is 1.46. The standard InChI is InChI=1S/C23H29N10O4S/c1-4-37-23(36)31-12-10-30(11-13-31)20-24-18-17(19(34)29(3)22(35)28(18)2)32(20)14-15-38-21-25-26-27-33(21)16-8-6-5-7-9-16/h5-9,17H,4,10-15H2,1-3H3/q+1. The van der Waals surface area contributed by atoms with Crippen molar-refractivity contribution in [2.75, 3.05) is 59.2 Å². The van der Waals surface area contributed by atoms with Crippen LogP contribution in [0.3, 0.4) is 0 Å². The number of amidine groups is 1. The Morgan fingerprint density at radius 2 is 1.87 bits per heavy atom. The lowest BCUT2D eigenvalue weighted by atomic mass is 10.1. The molecule has 14 nitrogen and oxygen atoms in total. The Bertz CT molecular complexity index is 1290. The van der Waals surface area contributed by atoms with E-state index >= 15 is 0 Å². The second kappa shape index (κ2) is 10.8. The van der Waals surface area contributed by atoms with Crippen molar-refractivity contribution >= 4 is 41.6 Å². The fraction of sp³-hybridized carbons (Fsp3) is 0.478. The minimum Gasteiger partial charge on any atom is -0.450 e. The first-order valence-electron chi connectivity index (χ1n) is 12.3. The van der Waals surface area contributed by atoms with Crippen molar-refractivity contribution in [3.63, 3.8) is 0 Å². The van der Waals surface area contributed by atoms with E-state index in [0.717, 1.165) is 10.6 Å². The molecular weight excluding hydrogens is 512 g/mol. The lowest BCUT2D eigenvalue weighted by Gasteiger charge is -2.33. The van der Waals surface area contributed by atoms with Gasteiger partial charge in [-0.05, 0) is 29.5 Å². The molecule has 4 amide bonds. The van der Waals surface area contributed by atoms with E-state index in [1.54, 1.807) is 23.6 Å². The summed E-state index contributed by atoms with van der Waals surface area (Å²) in [6.45, 7) is 4.54. The number of amides is 4. The third kappa shape index (κ3) is 4.68. The summed E-state index contributed by atoms with van der Waals surface area (Å²) in [4.78, 5) is 48.9. The first-order chi connectivity index (χ1) is 18.4. The number of aliphatic imine (C=N–C) groups is 1. The monoisotopic (exact) mass is 541 g/mol. The molecule has 0 aliphatic carbocycles. The largest absolute Gasteiger partial charge is 0.450 e. The zero-order valence-electron chi connectivity index (χ0n) is 21.4. The predicted molar refractivity (Wildman–Crippen MR) is 137 cm³/mol. The highest BCUT2D eigenvalue weighted by atomic mass is 32.2. The highest BCUT2D eigenvalue weighted by molar-refractivity contribution is 7.99. The minimum atomic E-state index is -0.716. The quantitative estimate of drug-likeness (QED) is 0.372. The van der Waals surface area contributed by atoms with Gasteiger partial charge in [0.2, 0.25) is 17.0 Å². The SMILES string of the molecule is CCOC(=O)N1CC[N+](=C2N=C3C(C(=O)N(C)C(=O)N3C)N2CCSc2nnnn2-c2ccccc2)CC1. The van der Waals surface area contributed by atoms with Gasteiger partial charge in [-0.1, -0.05) is 35.0 Å². The molecule has 0 spiro atoms. The number of aromatic nitrogens is 4. The average Bonchev–Trinajstić information content (AvgIpc) is 3.57. The number of rotatable bonds is 6. The van der Waals surface area contributed by atoms with Crippen LogP contribution in [0.25, 0.3) is 5.69 Å². The van der Waals surface area contributed by atoms with Gasteiger partial charge >= 0.3 is 18.1 Å². The Morgan fingerprint density at radius 3 is 2.58 bits per heavy atom. The van der Waals surface area contributed by atoms with E-state index in [2.05, 4.69) is 15.5 Å². The van der Waals surface area contributed by atoms with Crippen molar-refractivity contribution < 1.29 is 23.7 Å². The number of imide groups is 1. The van der Waals surface area contributed by atoms with Crippen LogP contribution in [0.1, 0.15) is 6.92 Å². The number of hydrogen-bond acceptors (Lipinski definition) is 8. The van der Waals surface area contributed by atoms with Gasteiger partial charge in [-0.3, -0.25) is 19.2 Å². The molecular formula is C23H29N10O4S+. The summed E-state index contributed by atoms with van der Waals surface area (Å²) < 4.78 is 8.85. The Morgan fingerprint density at radius 1 is 1.13 bits per heavy atom. The summed E-state index contributed by atoms with van der Waals surface area (Å²) in [6.07, 6.45) is -0.338. The van der Waals surface area contributed by atoms with Gasteiger partial charge in [0.05, 0.1) is 45.0 Å². The number of fused-ring (bicyclic) bond motifs is 1. The summed E-state index contributed by atoms with van der Waals surface area (Å²) in [7, 11) is 3.11. The minimum absolute atomic E-state index is 0.320. The maximum Gasteiger partial charge on any atom is 0.409 e. The van der Waals surface area contributed by atoms with Gasteiger partial charge in [0.25, 0.3) is 5.91 Å². The number of tetrazole rings is 1. The second-order valence-electron chi connectivity index (χ2n) is 8.84. The molecule has 0 radical (unpaired) electrons. The molecule has 2 aromatic rings. The van der Waals surface area contributed by atoms with Crippen LogP contribution < -0.4 is 0 Å². The molecule has 1 aromatic carbocycles. The number of carbonyl (C=O) groups excluding carboxylic acids is 3. The molecule has 2 saturated heterocycles. The lowest BCUT2D eigenvalue weighted by molar-refractivity contribution is -0.543. The van der Waals surface area contributed by atoms with Gasteiger partial charge in [0, 0.05) is 19.8 Å². The zero-order valence-corrected chi connectivity index (χ0v) is 22.2. The third-order valence-corrected chi connectivity index (χ3v) is 7.50. The molecule has 0 N–H and O–H groups in total. The lowest BCUT2D eigenvalue weighted by Crippen LogP contribution is -2.63. The van der Waals surface area contributed by atoms with Crippen LogP contribution in [-0.4, -0.2) is 139 Å². The Labute approximate surface area is 223 Å². The maximum atomic E-state index is 13.3. The van der Waals surface area contributed by atoms with Crippen molar-refractivity contribution in [1.29, 1.82) is 0 Å². The molecule has 1 aromatic heterocycles. The second-order valence-corrected chi connectivity index (χ2v) is 9.90. The van der Waals surface area contributed by atoms with E-state index in [-0.39, 0.29) is 12.0 Å². The number of urea groups is 1. The molecule has 3 aliphatic rings. The van der Waals surface area contributed by atoms with Crippen molar-refractivity contribution in [2.24, 2.45) is 4.99 Å². The van der Waals surface area contributed by atoms with Crippen LogP contribution in [0.5, 0.6) is 0 Å². The van der Waals surface area contributed by atoms with E-state index in [4.69, 9.17) is 9.73 Å². The topological polar surface area (TPSA) is 132 Å². The normalized spacial score (nSPS) is 19.8. The summed E-state index contributed by atoms with van der Waals surface area (Å²) in [5, 5.41) is 12.7. The molecule has 200 valence electrons. The highest BCUT2D eigenvalue weighted by Gasteiger charge is 2.55. The molecule has 1 unspecified atom stereocenters. The Balaban J connectivity index is 1.37. The summed E-state index contributed by atoms with van der Waals surface area (Å²) in [6, 6.07) is 8.47. The maximum absolute atomic E-state index is 13.3. The fourth-order valence-corrected chi connectivity index (χ4v) is 5.44. The van der Waals surface area contributed by atoms with Crippen molar-refractivity contribution in [1.82, 2.24) is 39.8 Å². The molecule has 38 heavy (non-hydrogen) atoms. The number of hydrogen-bond donors (Lipinski definition) is 0. The first-order valence-corrected chi connectivity index (χ1v) is 13.3. The predicted octanol–water partition coefficient (Wildman–Crippen LogP) is 0.202. The van der Waals surface area contributed by atoms with Crippen LogP contribution in [0, 0.1) is 0 Å². The number of thioether (sulfide) groups is 1. The first kappa shape index (κ1) is 25.6. The van der Waals surface area contributed by atoms with Gasteiger partial charge in [0.15, 0.2) is 0 Å². The van der Waals surface area contributed by atoms with E-state index in [1.165, 1.54) is 23.7 Å². The van der Waals surface area contributed by atoms with E-state index < -0.39 is 12.1 Å². The van der Waals surface area contributed by atoms with Crippen molar-refractivity contribution in [3.8, 4) is 5.69 Å². The summed E-state index contributed by atoms with van der Waals surface area (Å²) in [5.74, 6) is 1.25. The molecule has 3 aliphatic heterocycles. The van der Waals surface area contributed by atoms with Crippen molar-refractivity contribution in [2.45, 2.75) is 18.1 Å². The molecule has 5 rings (SSSR count). The van der Waals surface area contributed by atoms with Crippen LogP contribution in [0.4, 0.5) is 9.59 Å². The third-order valence-electron chi connectivity index (χ3n) is 6.60. The molecule has 15 heteroatoms. The molecule has 1 atom stereocenters. The smallest absolute Gasteiger partial charge is 0.409 e. The van der Waals surface area contributed by atoms with Crippen LogP contribution in [0.2, 0.25) is 0 Å². The van der Waals surface area contributed by atoms with Gasteiger partial charge in [-0.15, -0.1) is 5.10 Å². The van der Waals surface area contributed by atoms with Gasteiger partial charge in [-0.25, -0.2) is 14.5 Å². The Hall–Kier alpha value is -4.01. The van der Waals surface area contributed by atoms with Crippen LogP contribution >= 0.6 is 11.8 Å². The number of likely N-dealkylation sites (N-methyl/N-ethyl adjacent to an activating group) is 2. The van der Waals surface area contributed by atoms with Crippen LogP contribution in [-0.2, 0) is 9.53 Å². The van der Waals surface area contributed by atoms with Crippen molar-refractivity contribution in [3.05, 3.63) is 30.3 Å². The number of para-hydroxylation sites is 1. The number of guanidine groups is 1. The average molecular weight is 542 g/mol. The zero-order chi connectivity index (χ0) is 26.8. The number of piperazine rings is 1. The fourth-order valence-electron chi connectivity index (χ4n) is 4.61. The highest BCUT2D eigenvalue weighted by Crippen LogP contribution is 2.25. The summed E-state index contributed by atoms with van der Waals surface area (Å²) in [5.41, 5.74) is 0.850. The number of carbonyl (C=O) groups is 3. The number of ether oxygens (including phenoxy) is 1. The molecule has 4 heterocycles. The number of nitrogens with zero attached hydrogens (tertiary/aromatic N) is 10. The Kier molecular flexibility index (Phi) is 7.26. The van der Waals surface area contributed by atoms with E-state index in [1.807, 2.05) is 39.8 Å². The van der Waals surface area contributed by atoms with Gasteiger partial charge < -0.3 is 9.64 Å². The molecule has 0 bridgehead atoms. The number of benzene rings is 1. The van der Waals surface area contributed by atoms with Gasteiger partial charge in [0.1, 0.15) is 0 Å². The molecule has 2 fully saturated rings. The van der Waals surface area contributed by atoms with E-state index in [9.17, 15) is 14.4 Å². The van der Waals surface area contributed by atoms with E-state index in [0.29, 0.717) is 62.0 Å². The molecule has 0 saturated carbocycles.